The molecule has 3 rings (SSSR count). The molecule has 1 amide bonds. The number of nitrogens with zero attached hydrogens (tertiary/aromatic N) is 1. The summed E-state index contributed by atoms with van der Waals surface area (Å²) in [6.45, 7) is 4.26. The molecule has 0 saturated heterocycles. The van der Waals surface area contributed by atoms with Crippen molar-refractivity contribution in [2.45, 2.75) is 49.7 Å². The number of nitrogens with one attached hydrogen (secondary N) is 1. The number of carbonyl (C=O) groups is 1. The van der Waals surface area contributed by atoms with Crippen molar-refractivity contribution < 1.29 is 23.1 Å². The Bertz CT molecular complexity index is 1150. The van der Waals surface area contributed by atoms with Crippen LogP contribution >= 0.6 is 11.3 Å². The van der Waals surface area contributed by atoms with E-state index >= 15 is 0 Å². The molecule has 0 bridgehead atoms. The van der Waals surface area contributed by atoms with E-state index in [0.717, 1.165) is 22.5 Å². The highest BCUT2D eigenvalue weighted by Gasteiger charge is 2.31. The van der Waals surface area contributed by atoms with Gasteiger partial charge in [-0.2, -0.15) is 4.31 Å². The summed E-state index contributed by atoms with van der Waals surface area (Å²) >= 11 is 1.14. The van der Waals surface area contributed by atoms with Gasteiger partial charge < -0.3 is 15.2 Å². The Morgan fingerprint density at radius 3 is 2.22 bits per heavy atom. The standard InChI is InChI=1S/C27H34N2O5S2/c1-21(2)15-16-29(36(32,33)26-14-9-17-35-26)19-25(30)24(18-22-10-5-3-6-11-22)28-27(31)34-20-23-12-7-4-8-13-23/h3-14,17,21,24-25,30H,15-16,18-20H2,1-2H3,(H,28,31)/t24-,25+/m0/s1. The average molecular weight is 531 g/mol. The molecule has 2 atom stereocenters. The molecule has 0 fully saturated rings. The van der Waals surface area contributed by atoms with Gasteiger partial charge >= 0.3 is 6.09 Å². The van der Waals surface area contributed by atoms with Crippen LogP contribution in [0, 0.1) is 5.92 Å². The SMILES string of the molecule is CC(C)CCN(C[C@@H](O)[C@H](Cc1ccccc1)NC(=O)OCc1ccccc1)S(=O)(=O)c1cccs1. The molecule has 0 spiro atoms. The number of thiophene rings is 1. The summed E-state index contributed by atoms with van der Waals surface area (Å²) in [7, 11) is -3.78. The fourth-order valence-electron chi connectivity index (χ4n) is 3.65. The number of aliphatic hydroxyl groups is 1. The van der Waals surface area contributed by atoms with Crippen LogP contribution in [0.2, 0.25) is 0 Å². The van der Waals surface area contributed by atoms with Crippen molar-refractivity contribution in [3.8, 4) is 0 Å². The Morgan fingerprint density at radius 1 is 1.00 bits per heavy atom. The number of alkyl carbamates (subject to hydrolysis) is 1. The smallest absolute Gasteiger partial charge is 0.407 e. The maximum atomic E-state index is 13.3. The molecule has 0 aliphatic heterocycles. The van der Waals surface area contributed by atoms with Gasteiger partial charge in [0, 0.05) is 13.1 Å². The molecule has 194 valence electrons. The highest BCUT2D eigenvalue weighted by Crippen LogP contribution is 2.23. The number of amides is 1. The number of ether oxygens (including phenoxy) is 1. The monoisotopic (exact) mass is 530 g/mol. The second kappa shape index (κ2) is 13.5. The lowest BCUT2D eigenvalue weighted by Crippen LogP contribution is -2.50. The zero-order chi connectivity index (χ0) is 26.0. The molecule has 36 heavy (non-hydrogen) atoms. The summed E-state index contributed by atoms with van der Waals surface area (Å²) in [4.78, 5) is 12.6. The summed E-state index contributed by atoms with van der Waals surface area (Å²) in [5, 5.41) is 15.7. The lowest BCUT2D eigenvalue weighted by Gasteiger charge is -2.29. The fraction of sp³-hybridized carbons (Fsp3) is 0.370. The fourth-order valence-corrected chi connectivity index (χ4v) is 6.27. The first-order valence-electron chi connectivity index (χ1n) is 12.0. The molecule has 2 aromatic carbocycles. The molecule has 0 saturated carbocycles. The van der Waals surface area contributed by atoms with Gasteiger partial charge in [0.1, 0.15) is 10.8 Å². The van der Waals surface area contributed by atoms with Crippen LogP contribution in [-0.4, -0.2) is 49.2 Å². The van der Waals surface area contributed by atoms with Gasteiger partial charge in [-0.25, -0.2) is 13.2 Å². The molecular formula is C27H34N2O5S2. The van der Waals surface area contributed by atoms with E-state index in [1.54, 1.807) is 17.5 Å². The lowest BCUT2D eigenvalue weighted by atomic mass is 10.0. The van der Waals surface area contributed by atoms with Crippen molar-refractivity contribution in [2.24, 2.45) is 5.92 Å². The van der Waals surface area contributed by atoms with Crippen molar-refractivity contribution >= 4 is 27.5 Å². The van der Waals surface area contributed by atoms with Crippen LogP contribution < -0.4 is 5.32 Å². The molecular weight excluding hydrogens is 496 g/mol. The lowest BCUT2D eigenvalue weighted by molar-refractivity contribution is 0.0883. The Labute approximate surface area is 217 Å². The first-order chi connectivity index (χ1) is 17.3. The van der Waals surface area contributed by atoms with Gasteiger partial charge in [0.15, 0.2) is 0 Å². The van der Waals surface area contributed by atoms with E-state index in [1.807, 2.05) is 74.5 Å². The number of aliphatic hydroxyl groups excluding tert-OH is 1. The Kier molecular flexibility index (Phi) is 10.5. The third kappa shape index (κ3) is 8.44. The van der Waals surface area contributed by atoms with E-state index in [2.05, 4.69) is 5.32 Å². The maximum absolute atomic E-state index is 13.3. The third-order valence-electron chi connectivity index (χ3n) is 5.71. The molecule has 1 aromatic heterocycles. The quantitative estimate of drug-likeness (QED) is 0.334. The summed E-state index contributed by atoms with van der Waals surface area (Å²) in [6.07, 6.45) is -0.864. The van der Waals surface area contributed by atoms with Crippen LogP contribution in [0.1, 0.15) is 31.4 Å². The summed E-state index contributed by atoms with van der Waals surface area (Å²) in [5.74, 6) is 0.286. The van der Waals surface area contributed by atoms with Gasteiger partial charge in [-0.3, -0.25) is 0 Å². The van der Waals surface area contributed by atoms with Crippen molar-refractivity contribution in [1.82, 2.24) is 9.62 Å². The minimum atomic E-state index is -3.78. The zero-order valence-electron chi connectivity index (χ0n) is 20.6. The molecule has 0 radical (unpaired) electrons. The van der Waals surface area contributed by atoms with E-state index in [-0.39, 0.29) is 29.8 Å². The molecule has 7 nitrogen and oxygen atoms in total. The summed E-state index contributed by atoms with van der Waals surface area (Å²) in [5.41, 5.74) is 1.74. The van der Waals surface area contributed by atoms with Gasteiger partial charge in [-0.1, -0.05) is 80.6 Å². The summed E-state index contributed by atoms with van der Waals surface area (Å²) < 4.78 is 33.5. The topological polar surface area (TPSA) is 95.9 Å². The number of carbonyl (C=O) groups excluding carboxylic acids is 1. The molecule has 2 N–H and O–H groups in total. The molecule has 9 heteroatoms. The van der Waals surface area contributed by atoms with Crippen molar-refractivity contribution in [2.75, 3.05) is 13.1 Å². The van der Waals surface area contributed by atoms with Gasteiger partial charge in [0.05, 0.1) is 12.1 Å². The van der Waals surface area contributed by atoms with Crippen molar-refractivity contribution in [3.05, 3.63) is 89.3 Å². The van der Waals surface area contributed by atoms with E-state index in [1.165, 1.54) is 4.31 Å². The van der Waals surface area contributed by atoms with E-state index in [4.69, 9.17) is 4.74 Å². The predicted octanol–water partition coefficient (Wildman–Crippen LogP) is 4.68. The van der Waals surface area contributed by atoms with Crippen molar-refractivity contribution in [3.63, 3.8) is 0 Å². The number of hydrogen-bond donors (Lipinski definition) is 2. The molecule has 0 aliphatic rings. The Morgan fingerprint density at radius 2 is 1.64 bits per heavy atom. The molecule has 3 aromatic rings. The van der Waals surface area contributed by atoms with Crippen LogP contribution in [0.3, 0.4) is 0 Å². The third-order valence-corrected chi connectivity index (χ3v) is 8.95. The van der Waals surface area contributed by atoms with E-state index < -0.39 is 28.3 Å². The first kappa shape index (κ1) is 27.9. The van der Waals surface area contributed by atoms with Crippen LogP contribution in [-0.2, 0) is 27.8 Å². The van der Waals surface area contributed by atoms with Crippen LogP contribution in [0.5, 0.6) is 0 Å². The van der Waals surface area contributed by atoms with Crippen LogP contribution in [0.4, 0.5) is 4.79 Å². The predicted molar refractivity (Wildman–Crippen MR) is 142 cm³/mol. The first-order valence-corrected chi connectivity index (χ1v) is 14.3. The maximum Gasteiger partial charge on any atom is 0.407 e. The Balaban J connectivity index is 1.76. The van der Waals surface area contributed by atoms with Crippen LogP contribution in [0.15, 0.2) is 82.4 Å². The number of rotatable bonds is 13. The molecule has 0 aliphatic carbocycles. The normalized spacial score (nSPS) is 13.5. The summed E-state index contributed by atoms with van der Waals surface area (Å²) in [6, 6.07) is 21.2. The number of sulfonamides is 1. The number of hydrogen-bond acceptors (Lipinski definition) is 6. The van der Waals surface area contributed by atoms with Gasteiger partial charge in [-0.05, 0) is 41.3 Å². The van der Waals surface area contributed by atoms with E-state index in [0.29, 0.717) is 12.8 Å². The van der Waals surface area contributed by atoms with Crippen molar-refractivity contribution in [1.29, 1.82) is 0 Å². The largest absolute Gasteiger partial charge is 0.445 e. The van der Waals surface area contributed by atoms with Crippen LogP contribution in [0.25, 0.3) is 0 Å². The van der Waals surface area contributed by atoms with Gasteiger partial charge in [0.2, 0.25) is 0 Å². The van der Waals surface area contributed by atoms with Gasteiger partial charge in [-0.15, -0.1) is 11.3 Å². The zero-order valence-corrected chi connectivity index (χ0v) is 22.3. The molecule has 1 heterocycles. The van der Waals surface area contributed by atoms with Gasteiger partial charge in [0.25, 0.3) is 10.0 Å². The highest BCUT2D eigenvalue weighted by atomic mass is 32.2. The second-order valence-electron chi connectivity index (χ2n) is 9.05. The number of benzene rings is 2. The minimum absolute atomic E-state index is 0.0914. The molecule has 0 unspecified atom stereocenters. The second-order valence-corrected chi connectivity index (χ2v) is 12.2. The highest BCUT2D eigenvalue weighted by molar-refractivity contribution is 7.91. The van der Waals surface area contributed by atoms with E-state index in [9.17, 15) is 18.3 Å². The average Bonchev–Trinajstić information content (AvgIpc) is 3.42. The Hall–Kier alpha value is -2.72. The minimum Gasteiger partial charge on any atom is -0.445 e.